The molecular weight excluding hydrogens is 262 g/mol. The van der Waals surface area contributed by atoms with E-state index < -0.39 is 6.10 Å². The van der Waals surface area contributed by atoms with Gasteiger partial charge < -0.3 is 10.4 Å². The zero-order valence-corrected chi connectivity index (χ0v) is 13.5. The second kappa shape index (κ2) is 9.69. The van der Waals surface area contributed by atoms with E-state index in [1.165, 1.54) is 0 Å². The third-order valence-electron chi connectivity index (χ3n) is 3.99. The van der Waals surface area contributed by atoms with Gasteiger partial charge in [0.2, 0.25) is 0 Å². The normalized spacial score (nSPS) is 15.4. The van der Waals surface area contributed by atoms with Crippen LogP contribution in [0, 0.1) is 5.92 Å². The fourth-order valence-electron chi connectivity index (χ4n) is 2.39. The van der Waals surface area contributed by atoms with Gasteiger partial charge in [0.25, 0.3) is 0 Å². The Kier molecular flexibility index (Phi) is 8.24. The first-order valence-corrected chi connectivity index (χ1v) is 8.05. The fraction of sp³-hybridized carbons (Fsp3) is 0.611. The highest BCUT2D eigenvalue weighted by atomic mass is 16.3. The minimum atomic E-state index is -0.543. The van der Waals surface area contributed by atoms with Crippen LogP contribution in [0.15, 0.2) is 30.3 Å². The summed E-state index contributed by atoms with van der Waals surface area (Å²) in [5.41, 5.74) is 0.903. The Morgan fingerprint density at radius 2 is 1.90 bits per heavy atom. The number of ketones is 1. The lowest BCUT2D eigenvalue weighted by atomic mass is 9.97. The van der Waals surface area contributed by atoms with E-state index in [0.717, 1.165) is 24.8 Å². The van der Waals surface area contributed by atoms with Crippen molar-refractivity contribution in [2.24, 2.45) is 5.92 Å². The molecule has 1 rings (SSSR count). The van der Waals surface area contributed by atoms with Gasteiger partial charge in [-0.15, -0.1) is 0 Å². The molecule has 3 atom stereocenters. The van der Waals surface area contributed by atoms with E-state index in [2.05, 4.69) is 12.2 Å². The molecule has 0 saturated heterocycles. The van der Waals surface area contributed by atoms with E-state index in [9.17, 15) is 9.90 Å². The molecule has 0 saturated carbocycles. The van der Waals surface area contributed by atoms with E-state index >= 15 is 0 Å². The summed E-state index contributed by atoms with van der Waals surface area (Å²) in [5, 5.41) is 13.5. The monoisotopic (exact) mass is 291 g/mol. The van der Waals surface area contributed by atoms with Crippen molar-refractivity contribution >= 4 is 5.78 Å². The molecule has 118 valence electrons. The maximum absolute atomic E-state index is 12.0. The highest BCUT2D eigenvalue weighted by Crippen LogP contribution is 2.16. The van der Waals surface area contributed by atoms with Crippen LogP contribution in [0.4, 0.5) is 0 Å². The molecule has 0 amide bonds. The predicted molar refractivity (Wildman–Crippen MR) is 87.2 cm³/mol. The highest BCUT2D eigenvalue weighted by molar-refractivity contribution is 5.80. The van der Waals surface area contributed by atoms with Crippen LogP contribution in [0.5, 0.6) is 0 Å². The van der Waals surface area contributed by atoms with Crippen LogP contribution in [-0.2, 0) is 4.79 Å². The lowest BCUT2D eigenvalue weighted by Crippen LogP contribution is -2.34. The van der Waals surface area contributed by atoms with Gasteiger partial charge in [0.1, 0.15) is 5.78 Å². The summed E-state index contributed by atoms with van der Waals surface area (Å²) in [6, 6.07) is 9.55. The minimum absolute atomic E-state index is 0.0638. The van der Waals surface area contributed by atoms with Crippen LogP contribution in [0.2, 0.25) is 0 Å². The Morgan fingerprint density at radius 1 is 1.24 bits per heavy atom. The van der Waals surface area contributed by atoms with Crippen molar-refractivity contribution in [2.45, 2.75) is 58.6 Å². The molecule has 3 heteroatoms. The van der Waals surface area contributed by atoms with Gasteiger partial charge in [-0.2, -0.15) is 0 Å². The molecule has 2 N–H and O–H groups in total. The second-order valence-electron chi connectivity index (χ2n) is 5.86. The van der Waals surface area contributed by atoms with Crippen molar-refractivity contribution in [3.63, 3.8) is 0 Å². The van der Waals surface area contributed by atoms with Crippen molar-refractivity contribution in [1.29, 1.82) is 0 Å². The van der Waals surface area contributed by atoms with E-state index in [1.54, 1.807) is 0 Å². The van der Waals surface area contributed by atoms with E-state index in [1.807, 2.05) is 44.2 Å². The van der Waals surface area contributed by atoms with Gasteiger partial charge in [-0.25, -0.2) is 0 Å². The number of benzene rings is 1. The first-order valence-electron chi connectivity index (χ1n) is 8.05. The Labute approximate surface area is 128 Å². The highest BCUT2D eigenvalue weighted by Gasteiger charge is 2.17. The zero-order valence-electron chi connectivity index (χ0n) is 13.5. The second-order valence-corrected chi connectivity index (χ2v) is 5.86. The van der Waals surface area contributed by atoms with Crippen LogP contribution in [0.25, 0.3) is 0 Å². The van der Waals surface area contributed by atoms with Crippen molar-refractivity contribution in [1.82, 2.24) is 5.32 Å². The summed E-state index contributed by atoms with van der Waals surface area (Å²) in [4.78, 5) is 12.0. The number of carbonyl (C=O) groups is 1. The number of Topliss-reactive ketones (excluding diaryl/α,β-unsaturated/α-hetero) is 1. The number of hydrogen-bond acceptors (Lipinski definition) is 3. The summed E-state index contributed by atoms with van der Waals surface area (Å²) in [5.74, 6) is 0.471. The van der Waals surface area contributed by atoms with Crippen LogP contribution < -0.4 is 5.32 Å². The summed E-state index contributed by atoms with van der Waals surface area (Å²) >= 11 is 0. The van der Waals surface area contributed by atoms with E-state index in [0.29, 0.717) is 18.7 Å². The summed E-state index contributed by atoms with van der Waals surface area (Å²) in [7, 11) is 0. The molecule has 0 aromatic heterocycles. The number of rotatable bonds is 10. The first-order chi connectivity index (χ1) is 10.1. The summed E-state index contributed by atoms with van der Waals surface area (Å²) in [6.07, 6.45) is 3.23. The molecule has 0 heterocycles. The number of hydrogen-bond donors (Lipinski definition) is 2. The zero-order chi connectivity index (χ0) is 15.7. The molecule has 0 bridgehead atoms. The molecule has 0 fully saturated rings. The molecule has 0 aliphatic carbocycles. The van der Waals surface area contributed by atoms with Crippen molar-refractivity contribution < 1.29 is 9.90 Å². The number of nitrogens with one attached hydrogen (secondary N) is 1. The minimum Gasteiger partial charge on any atom is -0.387 e. The molecule has 3 unspecified atom stereocenters. The molecule has 0 radical (unpaired) electrons. The van der Waals surface area contributed by atoms with Crippen LogP contribution in [-0.4, -0.2) is 23.5 Å². The van der Waals surface area contributed by atoms with Gasteiger partial charge in [-0.3, -0.25) is 4.79 Å². The number of aliphatic hydroxyl groups is 1. The summed E-state index contributed by atoms with van der Waals surface area (Å²) < 4.78 is 0. The molecule has 0 spiro atoms. The Hall–Kier alpha value is -1.19. The first kappa shape index (κ1) is 17.9. The Bertz CT molecular complexity index is 405. The van der Waals surface area contributed by atoms with Crippen molar-refractivity contribution in [3.8, 4) is 0 Å². The van der Waals surface area contributed by atoms with Crippen LogP contribution >= 0.6 is 0 Å². The smallest absolute Gasteiger partial charge is 0.136 e. The predicted octanol–water partition coefficient (Wildman–Crippen LogP) is 3.48. The fourth-order valence-corrected chi connectivity index (χ4v) is 2.39. The lowest BCUT2D eigenvalue weighted by Gasteiger charge is -2.21. The molecule has 21 heavy (non-hydrogen) atoms. The van der Waals surface area contributed by atoms with Gasteiger partial charge >= 0.3 is 0 Å². The SMILES string of the molecule is CCCCC(C)C(=O)CCNC(C)C(O)c1ccccc1. The number of aliphatic hydroxyl groups excluding tert-OH is 1. The average Bonchev–Trinajstić information content (AvgIpc) is 2.52. The number of carbonyl (C=O) groups excluding carboxylic acids is 1. The molecular formula is C18H29NO2. The van der Waals surface area contributed by atoms with Gasteiger partial charge in [0, 0.05) is 24.9 Å². The van der Waals surface area contributed by atoms with Crippen LogP contribution in [0.3, 0.4) is 0 Å². The van der Waals surface area contributed by atoms with Crippen molar-refractivity contribution in [2.75, 3.05) is 6.54 Å². The van der Waals surface area contributed by atoms with E-state index in [-0.39, 0.29) is 12.0 Å². The van der Waals surface area contributed by atoms with Gasteiger partial charge in [0.15, 0.2) is 0 Å². The van der Waals surface area contributed by atoms with Gasteiger partial charge in [-0.1, -0.05) is 57.0 Å². The van der Waals surface area contributed by atoms with Gasteiger partial charge in [0.05, 0.1) is 6.10 Å². The van der Waals surface area contributed by atoms with Gasteiger partial charge in [-0.05, 0) is 18.9 Å². The molecule has 0 aliphatic rings. The Morgan fingerprint density at radius 3 is 2.52 bits per heavy atom. The maximum Gasteiger partial charge on any atom is 0.136 e. The average molecular weight is 291 g/mol. The van der Waals surface area contributed by atoms with Crippen LogP contribution in [0.1, 0.15) is 58.1 Å². The molecule has 3 nitrogen and oxygen atoms in total. The molecule has 0 aliphatic heterocycles. The third-order valence-corrected chi connectivity index (χ3v) is 3.99. The largest absolute Gasteiger partial charge is 0.387 e. The Balaban J connectivity index is 2.30. The standard InChI is InChI=1S/C18H29NO2/c1-4-5-9-14(2)17(20)12-13-19-15(3)18(21)16-10-7-6-8-11-16/h6-8,10-11,14-15,18-19,21H,4-5,9,12-13H2,1-3H3. The third kappa shape index (κ3) is 6.40. The van der Waals surface area contributed by atoms with E-state index in [4.69, 9.17) is 0 Å². The lowest BCUT2D eigenvalue weighted by molar-refractivity contribution is -0.122. The summed E-state index contributed by atoms with van der Waals surface area (Å²) in [6.45, 7) is 6.73. The van der Waals surface area contributed by atoms with Crippen molar-refractivity contribution in [3.05, 3.63) is 35.9 Å². The number of unbranched alkanes of at least 4 members (excludes halogenated alkanes) is 1. The maximum atomic E-state index is 12.0. The topological polar surface area (TPSA) is 49.3 Å². The molecule has 1 aromatic rings. The molecule has 1 aromatic carbocycles. The quantitative estimate of drug-likeness (QED) is 0.694.